The molecule has 1 aromatic carbocycles. The van der Waals surface area contributed by atoms with Crippen LogP contribution in [0.1, 0.15) is 23.7 Å². The molecule has 3 N–H and O–H groups in total. The van der Waals surface area contributed by atoms with Crippen molar-refractivity contribution in [2.75, 3.05) is 44.5 Å². The van der Waals surface area contributed by atoms with Gasteiger partial charge in [-0.25, -0.2) is 4.79 Å². The van der Waals surface area contributed by atoms with Crippen LogP contribution in [0.4, 0.5) is 11.4 Å². The summed E-state index contributed by atoms with van der Waals surface area (Å²) in [7, 11) is 1.68. The maximum Gasteiger partial charge on any atom is 0.340 e. The van der Waals surface area contributed by atoms with Crippen LogP contribution in [0.15, 0.2) is 18.2 Å². The summed E-state index contributed by atoms with van der Waals surface area (Å²) in [4.78, 5) is 11.8. The van der Waals surface area contributed by atoms with Crippen LogP contribution >= 0.6 is 0 Å². The molecule has 21 heavy (non-hydrogen) atoms. The molecule has 0 bridgehead atoms. The van der Waals surface area contributed by atoms with Crippen LogP contribution in [0, 0.1) is 0 Å². The second kappa shape index (κ2) is 6.78. The minimum atomic E-state index is -0.413. The Balaban J connectivity index is 2.07. The van der Waals surface area contributed by atoms with Gasteiger partial charge in [-0.15, -0.1) is 0 Å². The Bertz CT molecular complexity index is 498. The highest BCUT2D eigenvalue weighted by atomic mass is 16.5. The summed E-state index contributed by atoms with van der Waals surface area (Å²) in [5, 5.41) is 3.27. The topological polar surface area (TPSA) is 82.8 Å². The Morgan fingerprint density at radius 2 is 2.33 bits per heavy atom. The van der Waals surface area contributed by atoms with E-state index in [0.717, 1.165) is 12.1 Å². The molecule has 1 aromatic rings. The van der Waals surface area contributed by atoms with Gasteiger partial charge in [-0.2, -0.15) is 0 Å². The van der Waals surface area contributed by atoms with Crippen LogP contribution in [-0.2, 0) is 14.2 Å². The molecule has 2 rings (SSSR count). The maximum absolute atomic E-state index is 11.8. The lowest BCUT2D eigenvalue weighted by Crippen LogP contribution is -2.39. The summed E-state index contributed by atoms with van der Waals surface area (Å²) in [5.41, 5.74) is 7.08. The molecule has 1 atom stereocenters. The van der Waals surface area contributed by atoms with Crippen molar-refractivity contribution < 1.29 is 19.0 Å². The van der Waals surface area contributed by atoms with E-state index in [-0.39, 0.29) is 5.60 Å². The molecule has 1 fully saturated rings. The van der Waals surface area contributed by atoms with E-state index in [1.807, 2.05) is 6.07 Å². The van der Waals surface area contributed by atoms with Gasteiger partial charge in [-0.05, 0) is 25.1 Å². The minimum Gasteiger partial charge on any atom is -0.462 e. The molecular weight excluding hydrogens is 272 g/mol. The Kier molecular flexibility index (Phi) is 5.03. The summed E-state index contributed by atoms with van der Waals surface area (Å²) in [5.74, 6) is -0.413. The van der Waals surface area contributed by atoms with E-state index in [1.165, 1.54) is 0 Å². The Labute approximate surface area is 124 Å². The first-order valence-corrected chi connectivity index (χ1v) is 7.03. The fourth-order valence-electron chi connectivity index (χ4n) is 2.28. The van der Waals surface area contributed by atoms with Gasteiger partial charge >= 0.3 is 5.97 Å². The van der Waals surface area contributed by atoms with Crippen molar-refractivity contribution in [2.45, 2.75) is 18.9 Å². The average Bonchev–Trinajstić information content (AvgIpc) is 2.96. The second-order valence-electron chi connectivity index (χ2n) is 5.07. The molecule has 0 aromatic heterocycles. The van der Waals surface area contributed by atoms with Gasteiger partial charge < -0.3 is 25.3 Å². The van der Waals surface area contributed by atoms with Gasteiger partial charge in [0.2, 0.25) is 0 Å². The number of hydrogen-bond donors (Lipinski definition) is 2. The van der Waals surface area contributed by atoms with Crippen molar-refractivity contribution in [3.05, 3.63) is 23.8 Å². The highest BCUT2D eigenvalue weighted by molar-refractivity contribution is 5.96. The monoisotopic (exact) mass is 294 g/mol. The van der Waals surface area contributed by atoms with Crippen molar-refractivity contribution in [3.8, 4) is 0 Å². The number of benzene rings is 1. The standard InChI is InChI=1S/C15H22N2O4/c1-3-21-14(18)12-8-11(4-5-13(12)16)17-9-15(19-2)6-7-20-10-15/h4-5,8,17H,3,6-7,9-10,16H2,1-2H3. The molecule has 0 aliphatic carbocycles. The van der Waals surface area contributed by atoms with Crippen LogP contribution in [0.25, 0.3) is 0 Å². The Hall–Kier alpha value is -1.79. The molecule has 116 valence electrons. The first-order chi connectivity index (χ1) is 10.1. The van der Waals surface area contributed by atoms with E-state index >= 15 is 0 Å². The average molecular weight is 294 g/mol. The zero-order chi connectivity index (χ0) is 15.3. The molecule has 1 saturated heterocycles. The molecule has 1 aliphatic rings. The summed E-state index contributed by atoms with van der Waals surface area (Å²) < 4.78 is 15.9. The van der Waals surface area contributed by atoms with E-state index < -0.39 is 5.97 Å². The molecule has 0 amide bonds. The molecule has 1 heterocycles. The predicted molar refractivity (Wildman–Crippen MR) is 80.5 cm³/mol. The van der Waals surface area contributed by atoms with Gasteiger partial charge in [0.25, 0.3) is 0 Å². The molecule has 1 aliphatic heterocycles. The lowest BCUT2D eigenvalue weighted by Gasteiger charge is -2.26. The third kappa shape index (κ3) is 3.65. The number of nitrogens with two attached hydrogens (primary N) is 1. The highest BCUT2D eigenvalue weighted by Gasteiger charge is 2.34. The van der Waals surface area contributed by atoms with Gasteiger partial charge in [0, 0.05) is 38.1 Å². The smallest absolute Gasteiger partial charge is 0.340 e. The molecule has 0 saturated carbocycles. The number of ether oxygens (including phenoxy) is 3. The van der Waals surface area contributed by atoms with Crippen molar-refractivity contribution in [2.24, 2.45) is 0 Å². The SMILES string of the molecule is CCOC(=O)c1cc(NCC2(OC)CCOC2)ccc1N. The Morgan fingerprint density at radius 3 is 2.95 bits per heavy atom. The van der Waals surface area contributed by atoms with Crippen LogP contribution in [0.5, 0.6) is 0 Å². The van der Waals surface area contributed by atoms with Gasteiger partial charge in [0.05, 0.1) is 18.8 Å². The van der Waals surface area contributed by atoms with Crippen molar-refractivity contribution in [1.82, 2.24) is 0 Å². The number of esters is 1. The van der Waals surface area contributed by atoms with Crippen LogP contribution < -0.4 is 11.1 Å². The van der Waals surface area contributed by atoms with Gasteiger partial charge in [0.1, 0.15) is 5.60 Å². The summed E-state index contributed by atoms with van der Waals surface area (Å²) >= 11 is 0. The third-order valence-electron chi connectivity index (χ3n) is 3.66. The van der Waals surface area contributed by atoms with E-state index in [2.05, 4.69) is 5.32 Å². The number of nitrogens with one attached hydrogen (secondary N) is 1. The number of carbonyl (C=O) groups excluding carboxylic acids is 1. The Morgan fingerprint density at radius 1 is 1.52 bits per heavy atom. The number of anilines is 2. The lowest BCUT2D eigenvalue weighted by molar-refractivity contribution is -0.00619. The lowest BCUT2D eigenvalue weighted by atomic mass is 10.0. The molecule has 0 radical (unpaired) electrons. The maximum atomic E-state index is 11.8. The minimum absolute atomic E-state index is 0.314. The predicted octanol–water partition coefficient (Wildman–Crippen LogP) is 1.66. The van der Waals surface area contributed by atoms with E-state index in [9.17, 15) is 4.79 Å². The molecule has 0 spiro atoms. The van der Waals surface area contributed by atoms with Crippen molar-refractivity contribution in [1.29, 1.82) is 0 Å². The number of carbonyl (C=O) groups is 1. The normalized spacial score (nSPS) is 21.2. The van der Waals surface area contributed by atoms with Gasteiger partial charge in [0.15, 0.2) is 0 Å². The number of nitrogen functional groups attached to an aromatic ring is 1. The zero-order valence-corrected chi connectivity index (χ0v) is 12.5. The first-order valence-electron chi connectivity index (χ1n) is 7.03. The highest BCUT2D eigenvalue weighted by Crippen LogP contribution is 2.24. The zero-order valence-electron chi connectivity index (χ0n) is 12.5. The van der Waals surface area contributed by atoms with E-state index in [4.69, 9.17) is 19.9 Å². The van der Waals surface area contributed by atoms with Gasteiger partial charge in [-0.3, -0.25) is 0 Å². The molecular formula is C15H22N2O4. The van der Waals surface area contributed by atoms with Crippen molar-refractivity contribution >= 4 is 17.3 Å². The second-order valence-corrected chi connectivity index (χ2v) is 5.07. The fourth-order valence-corrected chi connectivity index (χ4v) is 2.28. The van der Waals surface area contributed by atoms with Crippen LogP contribution in [0.3, 0.4) is 0 Å². The molecule has 6 heteroatoms. The van der Waals surface area contributed by atoms with Crippen LogP contribution in [-0.4, -0.2) is 45.0 Å². The third-order valence-corrected chi connectivity index (χ3v) is 3.66. The van der Waals surface area contributed by atoms with E-state index in [0.29, 0.717) is 37.6 Å². The van der Waals surface area contributed by atoms with Crippen molar-refractivity contribution in [3.63, 3.8) is 0 Å². The van der Waals surface area contributed by atoms with Crippen LogP contribution in [0.2, 0.25) is 0 Å². The largest absolute Gasteiger partial charge is 0.462 e. The quantitative estimate of drug-likeness (QED) is 0.613. The van der Waals surface area contributed by atoms with Gasteiger partial charge in [-0.1, -0.05) is 0 Å². The number of methoxy groups -OCH3 is 1. The van der Waals surface area contributed by atoms with E-state index in [1.54, 1.807) is 26.2 Å². The molecule has 6 nitrogen and oxygen atoms in total. The fraction of sp³-hybridized carbons (Fsp3) is 0.533. The summed E-state index contributed by atoms with van der Waals surface area (Å²) in [6, 6.07) is 5.23. The first kappa shape index (κ1) is 15.6. The number of hydrogen-bond acceptors (Lipinski definition) is 6. The summed E-state index contributed by atoms with van der Waals surface area (Å²) in [6.07, 6.45) is 0.843. The summed E-state index contributed by atoms with van der Waals surface area (Å²) in [6.45, 7) is 3.95. The molecule has 1 unspecified atom stereocenters. The number of rotatable bonds is 6.